The number of phenols is 1. The van der Waals surface area contributed by atoms with Crippen LogP contribution >= 0.6 is 0 Å². The van der Waals surface area contributed by atoms with E-state index in [4.69, 9.17) is 10.8 Å². The summed E-state index contributed by atoms with van der Waals surface area (Å²) in [7, 11) is 0. The molecule has 0 saturated carbocycles. The van der Waals surface area contributed by atoms with Crippen LogP contribution in [0.15, 0.2) is 66.7 Å². The van der Waals surface area contributed by atoms with E-state index in [1.807, 2.05) is 44.2 Å². The summed E-state index contributed by atoms with van der Waals surface area (Å²) >= 11 is 0. The van der Waals surface area contributed by atoms with Crippen molar-refractivity contribution in [2.75, 3.05) is 31.1 Å². The number of benzene rings is 3. The summed E-state index contributed by atoms with van der Waals surface area (Å²) in [5.74, 6) is -0.313. The predicted molar refractivity (Wildman–Crippen MR) is 153 cm³/mol. The third-order valence-electron chi connectivity index (χ3n) is 7.07. The maximum atomic E-state index is 11.6. The molecule has 1 fully saturated rings. The Hall–Kier alpha value is -3.81. The lowest BCUT2D eigenvalue weighted by Gasteiger charge is -2.35. The number of hydrogen-bond acceptors (Lipinski definition) is 6. The van der Waals surface area contributed by atoms with Gasteiger partial charge < -0.3 is 5.11 Å². The zero-order chi connectivity index (χ0) is 27.2. The molecule has 1 aliphatic rings. The smallest absolute Gasteiger partial charge is 0.185 e. The molecule has 0 aliphatic carbocycles. The van der Waals surface area contributed by atoms with Gasteiger partial charge in [0.25, 0.3) is 0 Å². The molecule has 7 heteroatoms. The number of rotatable bonds is 8. The summed E-state index contributed by atoms with van der Waals surface area (Å²) in [5, 5.41) is 27.4. The molecule has 3 aromatic rings. The first-order valence-corrected chi connectivity index (χ1v) is 13.1. The van der Waals surface area contributed by atoms with Gasteiger partial charge in [-0.15, -0.1) is 0 Å². The lowest BCUT2D eigenvalue weighted by molar-refractivity contribution is -0.102. The minimum atomic E-state index is -0.359. The van der Waals surface area contributed by atoms with Gasteiger partial charge >= 0.3 is 0 Å². The highest BCUT2D eigenvalue weighted by molar-refractivity contribution is 6.41. The van der Waals surface area contributed by atoms with Crippen LogP contribution in [0.25, 0.3) is 0 Å². The van der Waals surface area contributed by atoms with Crippen LogP contribution in [-0.4, -0.2) is 59.0 Å². The fraction of sp³-hybridized carbons (Fsp3) is 0.323. The van der Waals surface area contributed by atoms with Gasteiger partial charge in [0.2, 0.25) is 0 Å². The predicted octanol–water partition coefficient (Wildman–Crippen LogP) is 5.15. The molecular formula is C31H37N5O2. The molecule has 38 heavy (non-hydrogen) atoms. The molecule has 3 aromatic carbocycles. The van der Waals surface area contributed by atoms with Gasteiger partial charge in [-0.25, -0.2) is 0 Å². The van der Waals surface area contributed by atoms with Crippen molar-refractivity contribution in [3.63, 3.8) is 0 Å². The number of phenolic OH excluding ortho intramolecular Hbond substituents is 1. The largest absolute Gasteiger partial charge is 0.507 e. The number of amidine groups is 2. The SMILES string of the molecule is Cc1cccc(CN2CCN(Cc3ccc(N(C(=N)C=O)C(=N)c4cc(C(C)C)ccc4O)cc3)CC2)c1. The molecule has 0 amide bonds. The third-order valence-corrected chi connectivity index (χ3v) is 7.07. The highest BCUT2D eigenvalue weighted by Gasteiger charge is 2.22. The van der Waals surface area contributed by atoms with Crippen LogP contribution in [0.4, 0.5) is 5.69 Å². The van der Waals surface area contributed by atoms with Crippen LogP contribution in [0.2, 0.25) is 0 Å². The van der Waals surface area contributed by atoms with E-state index in [1.54, 1.807) is 12.1 Å². The molecule has 1 aliphatic heterocycles. The summed E-state index contributed by atoms with van der Waals surface area (Å²) in [4.78, 5) is 17.8. The average Bonchev–Trinajstić information content (AvgIpc) is 2.91. The maximum Gasteiger partial charge on any atom is 0.185 e. The molecule has 4 rings (SSSR count). The Kier molecular flexibility index (Phi) is 8.71. The van der Waals surface area contributed by atoms with E-state index < -0.39 is 0 Å². The molecule has 3 N–H and O–H groups in total. The number of carbonyl (C=O) groups excluding carboxylic acids is 1. The van der Waals surface area contributed by atoms with Crippen molar-refractivity contribution in [2.24, 2.45) is 0 Å². The standard InChI is InChI=1S/C31H37N5O2/c1-22(2)26-9-12-29(38)28(18-26)31(33)36(30(32)21-37)27-10-7-24(8-11-27)19-34-13-15-35(16-14-34)20-25-6-4-5-23(3)17-25/h4-12,17-18,21-22,32-33,38H,13-16,19-20H2,1-3H3. The van der Waals surface area contributed by atoms with Crippen LogP contribution in [0.3, 0.4) is 0 Å². The van der Waals surface area contributed by atoms with E-state index in [1.165, 1.54) is 16.0 Å². The maximum absolute atomic E-state index is 11.6. The second kappa shape index (κ2) is 12.2. The number of piperazine rings is 1. The first kappa shape index (κ1) is 27.2. The van der Waals surface area contributed by atoms with Gasteiger partial charge in [0.1, 0.15) is 11.6 Å². The molecule has 0 atom stereocenters. The fourth-order valence-electron chi connectivity index (χ4n) is 4.85. The van der Waals surface area contributed by atoms with Gasteiger partial charge in [-0.3, -0.25) is 30.3 Å². The van der Waals surface area contributed by atoms with Crippen LogP contribution in [-0.2, 0) is 17.9 Å². The Balaban J connectivity index is 1.41. The summed E-state index contributed by atoms with van der Waals surface area (Å²) in [6, 6.07) is 21.5. The Morgan fingerprint density at radius 1 is 0.921 bits per heavy atom. The quantitative estimate of drug-likeness (QED) is 0.221. The molecule has 1 saturated heterocycles. The molecule has 0 aromatic heterocycles. The minimum Gasteiger partial charge on any atom is -0.507 e. The van der Waals surface area contributed by atoms with E-state index in [9.17, 15) is 9.90 Å². The number of anilines is 1. The van der Waals surface area contributed by atoms with E-state index in [2.05, 4.69) is 41.0 Å². The van der Waals surface area contributed by atoms with Gasteiger partial charge in [0.05, 0.1) is 5.56 Å². The first-order valence-electron chi connectivity index (χ1n) is 13.1. The molecular weight excluding hydrogens is 474 g/mol. The van der Waals surface area contributed by atoms with Crippen molar-refractivity contribution < 1.29 is 9.90 Å². The number of aryl methyl sites for hydroxylation is 1. The number of aldehydes is 1. The molecule has 0 radical (unpaired) electrons. The fourth-order valence-corrected chi connectivity index (χ4v) is 4.85. The van der Waals surface area contributed by atoms with Crippen molar-refractivity contribution in [1.29, 1.82) is 10.8 Å². The van der Waals surface area contributed by atoms with Crippen molar-refractivity contribution >= 4 is 23.6 Å². The minimum absolute atomic E-state index is 0.0544. The molecule has 1 heterocycles. The van der Waals surface area contributed by atoms with Gasteiger partial charge in [-0.1, -0.05) is 61.9 Å². The topological polar surface area (TPSA) is 94.7 Å². The van der Waals surface area contributed by atoms with E-state index in [0.717, 1.165) is 50.4 Å². The second-order valence-electron chi connectivity index (χ2n) is 10.3. The van der Waals surface area contributed by atoms with Crippen LogP contribution in [0.5, 0.6) is 5.75 Å². The van der Waals surface area contributed by atoms with Crippen LogP contribution < -0.4 is 4.90 Å². The lowest BCUT2D eigenvalue weighted by atomic mass is 9.99. The Morgan fingerprint density at radius 3 is 2.13 bits per heavy atom. The molecule has 0 unspecified atom stereocenters. The average molecular weight is 512 g/mol. The van der Waals surface area contributed by atoms with Gasteiger partial charge in [-0.05, 0) is 53.8 Å². The zero-order valence-electron chi connectivity index (χ0n) is 22.4. The van der Waals surface area contributed by atoms with E-state index >= 15 is 0 Å². The van der Waals surface area contributed by atoms with Gasteiger partial charge in [0.15, 0.2) is 12.1 Å². The Bertz CT molecular complexity index is 1290. The molecule has 7 nitrogen and oxygen atoms in total. The van der Waals surface area contributed by atoms with Crippen molar-refractivity contribution in [2.45, 2.75) is 39.8 Å². The number of aromatic hydroxyl groups is 1. The van der Waals surface area contributed by atoms with Gasteiger partial charge in [-0.2, -0.15) is 0 Å². The van der Waals surface area contributed by atoms with E-state index in [0.29, 0.717) is 12.0 Å². The first-order chi connectivity index (χ1) is 18.2. The third kappa shape index (κ3) is 6.54. The summed E-state index contributed by atoms with van der Waals surface area (Å²) in [6.45, 7) is 12.0. The summed E-state index contributed by atoms with van der Waals surface area (Å²) in [5.41, 5.74) is 5.57. The highest BCUT2D eigenvalue weighted by atomic mass is 16.3. The number of nitrogens with one attached hydrogen (secondary N) is 2. The van der Waals surface area contributed by atoms with Crippen LogP contribution in [0, 0.1) is 17.7 Å². The second-order valence-corrected chi connectivity index (χ2v) is 10.3. The van der Waals surface area contributed by atoms with Crippen molar-refractivity contribution in [3.8, 4) is 5.75 Å². The summed E-state index contributed by atoms with van der Waals surface area (Å²) in [6.07, 6.45) is 0.419. The highest BCUT2D eigenvalue weighted by Crippen LogP contribution is 2.27. The lowest BCUT2D eigenvalue weighted by Crippen LogP contribution is -2.45. The number of carbonyl (C=O) groups is 1. The molecule has 0 bridgehead atoms. The normalized spacial score (nSPS) is 14.4. The van der Waals surface area contributed by atoms with E-state index in [-0.39, 0.29) is 28.9 Å². The zero-order valence-corrected chi connectivity index (χ0v) is 22.4. The molecule has 198 valence electrons. The van der Waals surface area contributed by atoms with Crippen molar-refractivity contribution in [3.05, 3.63) is 94.5 Å². The monoisotopic (exact) mass is 511 g/mol. The number of nitrogens with zero attached hydrogens (tertiary/aromatic N) is 3. The summed E-state index contributed by atoms with van der Waals surface area (Å²) < 4.78 is 0. The number of hydrogen-bond donors (Lipinski definition) is 3. The van der Waals surface area contributed by atoms with Crippen molar-refractivity contribution in [1.82, 2.24) is 9.80 Å². The Labute approximate surface area is 225 Å². The van der Waals surface area contributed by atoms with Crippen LogP contribution in [0.1, 0.15) is 47.6 Å². The molecule has 0 spiro atoms. The Morgan fingerprint density at radius 2 is 1.55 bits per heavy atom. The van der Waals surface area contributed by atoms with Gasteiger partial charge in [0, 0.05) is 45.0 Å².